The van der Waals surface area contributed by atoms with Crippen LogP contribution in [0.3, 0.4) is 0 Å². The predicted octanol–water partition coefficient (Wildman–Crippen LogP) is 1.86. The molecule has 0 unspecified atom stereocenters. The van der Waals surface area contributed by atoms with Gasteiger partial charge in [-0.05, 0) is 18.9 Å². The molecule has 0 atom stereocenters. The number of ether oxygens (including phenoxy) is 1. The van der Waals surface area contributed by atoms with Gasteiger partial charge in [0.15, 0.2) is 0 Å². The van der Waals surface area contributed by atoms with Gasteiger partial charge in [0.1, 0.15) is 0 Å². The highest BCUT2D eigenvalue weighted by Crippen LogP contribution is 2.06. The molecule has 1 aromatic rings. The van der Waals surface area contributed by atoms with Crippen LogP contribution >= 0.6 is 0 Å². The van der Waals surface area contributed by atoms with E-state index < -0.39 is 0 Å². The smallest absolute Gasteiger partial charge is 0.317 e. The standard InChI is InChI=1S/C17H27N3O2/c1-15-5-3-6-16(13-15)14-18-17(21)20-10-8-19(9-11-20)7-4-12-22-2/h3,5-6,13H,4,7-12,14H2,1-2H3,(H,18,21). The Labute approximate surface area is 133 Å². The summed E-state index contributed by atoms with van der Waals surface area (Å²) in [5.74, 6) is 0. The maximum Gasteiger partial charge on any atom is 0.317 e. The third kappa shape index (κ3) is 5.31. The van der Waals surface area contributed by atoms with Crippen molar-refractivity contribution in [2.75, 3.05) is 46.4 Å². The van der Waals surface area contributed by atoms with Gasteiger partial charge in [0.05, 0.1) is 0 Å². The van der Waals surface area contributed by atoms with Gasteiger partial charge in [-0.2, -0.15) is 0 Å². The zero-order chi connectivity index (χ0) is 15.8. The molecule has 1 aliphatic heterocycles. The number of carbonyl (C=O) groups excluding carboxylic acids is 1. The SMILES string of the molecule is COCCCN1CCN(C(=O)NCc2cccc(C)c2)CC1. The van der Waals surface area contributed by atoms with Crippen molar-refractivity contribution in [1.82, 2.24) is 15.1 Å². The fourth-order valence-corrected chi connectivity index (χ4v) is 2.72. The minimum absolute atomic E-state index is 0.0399. The number of urea groups is 1. The van der Waals surface area contributed by atoms with Gasteiger partial charge in [0.25, 0.3) is 0 Å². The Kier molecular flexibility index (Phi) is 6.68. The molecule has 0 saturated carbocycles. The lowest BCUT2D eigenvalue weighted by Crippen LogP contribution is -2.51. The lowest BCUT2D eigenvalue weighted by Gasteiger charge is -2.34. The van der Waals surface area contributed by atoms with Gasteiger partial charge < -0.3 is 15.0 Å². The Bertz CT molecular complexity index is 471. The largest absolute Gasteiger partial charge is 0.385 e. The van der Waals surface area contributed by atoms with Crippen molar-refractivity contribution in [3.63, 3.8) is 0 Å². The lowest BCUT2D eigenvalue weighted by atomic mass is 10.1. The zero-order valence-corrected chi connectivity index (χ0v) is 13.7. The van der Waals surface area contributed by atoms with E-state index in [0.29, 0.717) is 6.54 Å². The summed E-state index contributed by atoms with van der Waals surface area (Å²) in [7, 11) is 1.73. The summed E-state index contributed by atoms with van der Waals surface area (Å²) in [6, 6.07) is 8.27. The summed E-state index contributed by atoms with van der Waals surface area (Å²) >= 11 is 0. The van der Waals surface area contributed by atoms with Gasteiger partial charge in [0.2, 0.25) is 0 Å². The normalized spacial score (nSPS) is 15.8. The number of benzene rings is 1. The maximum absolute atomic E-state index is 12.2. The van der Waals surface area contributed by atoms with E-state index in [9.17, 15) is 4.79 Å². The molecule has 1 heterocycles. The van der Waals surface area contributed by atoms with Gasteiger partial charge in [-0.1, -0.05) is 29.8 Å². The van der Waals surface area contributed by atoms with Crippen molar-refractivity contribution in [1.29, 1.82) is 0 Å². The molecular weight excluding hydrogens is 278 g/mol. The Morgan fingerprint density at radius 1 is 1.27 bits per heavy atom. The molecule has 5 nitrogen and oxygen atoms in total. The van der Waals surface area contributed by atoms with Crippen LogP contribution in [0.25, 0.3) is 0 Å². The summed E-state index contributed by atoms with van der Waals surface area (Å²) in [5, 5.41) is 3.01. The average Bonchev–Trinajstić information content (AvgIpc) is 2.54. The first-order valence-electron chi connectivity index (χ1n) is 7.98. The van der Waals surface area contributed by atoms with Crippen LogP contribution in [0.15, 0.2) is 24.3 Å². The van der Waals surface area contributed by atoms with Crippen molar-refractivity contribution in [2.45, 2.75) is 19.9 Å². The molecular formula is C17H27N3O2. The molecule has 0 bridgehead atoms. The van der Waals surface area contributed by atoms with E-state index in [1.165, 1.54) is 5.56 Å². The molecule has 1 saturated heterocycles. The summed E-state index contributed by atoms with van der Waals surface area (Å²) in [4.78, 5) is 16.5. The third-order valence-electron chi connectivity index (χ3n) is 4.01. The van der Waals surface area contributed by atoms with Crippen LogP contribution in [0.4, 0.5) is 4.79 Å². The lowest BCUT2D eigenvalue weighted by molar-refractivity contribution is 0.125. The van der Waals surface area contributed by atoms with Crippen molar-refractivity contribution in [3.05, 3.63) is 35.4 Å². The first-order valence-corrected chi connectivity index (χ1v) is 7.98. The van der Waals surface area contributed by atoms with Crippen LogP contribution in [0.5, 0.6) is 0 Å². The molecule has 5 heteroatoms. The minimum atomic E-state index is 0.0399. The molecule has 1 N–H and O–H groups in total. The molecule has 1 aromatic carbocycles. The summed E-state index contributed by atoms with van der Waals surface area (Å²) in [6.45, 7) is 7.99. The molecule has 1 aliphatic rings. The highest BCUT2D eigenvalue weighted by atomic mass is 16.5. The highest BCUT2D eigenvalue weighted by Gasteiger charge is 2.20. The van der Waals surface area contributed by atoms with Gasteiger partial charge in [-0.25, -0.2) is 4.79 Å². The van der Waals surface area contributed by atoms with Crippen LogP contribution in [0.1, 0.15) is 17.5 Å². The number of nitrogens with one attached hydrogen (secondary N) is 1. The van der Waals surface area contributed by atoms with Gasteiger partial charge in [0, 0.05) is 53.0 Å². The molecule has 0 spiro atoms. The number of aryl methyl sites for hydroxylation is 1. The summed E-state index contributed by atoms with van der Waals surface area (Å²) in [5.41, 5.74) is 2.36. The molecule has 0 radical (unpaired) electrons. The van der Waals surface area contributed by atoms with E-state index in [1.54, 1.807) is 7.11 Å². The number of hydrogen-bond acceptors (Lipinski definition) is 3. The van der Waals surface area contributed by atoms with Crippen LogP contribution in [-0.4, -0.2) is 62.3 Å². The van der Waals surface area contributed by atoms with Gasteiger partial charge in [-0.15, -0.1) is 0 Å². The van der Waals surface area contributed by atoms with E-state index in [2.05, 4.69) is 29.3 Å². The molecule has 22 heavy (non-hydrogen) atoms. The molecule has 1 fully saturated rings. The van der Waals surface area contributed by atoms with Crippen LogP contribution in [-0.2, 0) is 11.3 Å². The minimum Gasteiger partial charge on any atom is -0.385 e. The van der Waals surface area contributed by atoms with E-state index in [-0.39, 0.29) is 6.03 Å². The summed E-state index contributed by atoms with van der Waals surface area (Å²) < 4.78 is 5.07. The van der Waals surface area contributed by atoms with Crippen LogP contribution in [0, 0.1) is 6.92 Å². The second kappa shape index (κ2) is 8.76. The zero-order valence-electron chi connectivity index (χ0n) is 13.7. The van der Waals surface area contributed by atoms with E-state index in [0.717, 1.165) is 51.3 Å². The monoisotopic (exact) mass is 305 g/mol. The van der Waals surface area contributed by atoms with Crippen molar-refractivity contribution in [2.24, 2.45) is 0 Å². The van der Waals surface area contributed by atoms with Crippen molar-refractivity contribution >= 4 is 6.03 Å². The molecule has 0 aromatic heterocycles. The quantitative estimate of drug-likeness (QED) is 0.816. The number of rotatable bonds is 6. The van der Waals surface area contributed by atoms with Gasteiger partial charge >= 0.3 is 6.03 Å². The number of hydrogen-bond donors (Lipinski definition) is 1. The van der Waals surface area contributed by atoms with E-state index in [1.807, 2.05) is 17.0 Å². The van der Waals surface area contributed by atoms with Crippen molar-refractivity contribution < 1.29 is 9.53 Å². The fourth-order valence-electron chi connectivity index (χ4n) is 2.72. The Morgan fingerprint density at radius 2 is 2.05 bits per heavy atom. The molecule has 2 rings (SSSR count). The Hall–Kier alpha value is -1.59. The first-order chi connectivity index (χ1) is 10.7. The Morgan fingerprint density at radius 3 is 2.73 bits per heavy atom. The van der Waals surface area contributed by atoms with Crippen molar-refractivity contribution in [3.8, 4) is 0 Å². The maximum atomic E-state index is 12.2. The van der Waals surface area contributed by atoms with E-state index in [4.69, 9.17) is 4.74 Å². The fraction of sp³-hybridized carbons (Fsp3) is 0.588. The predicted molar refractivity (Wildman–Crippen MR) is 87.9 cm³/mol. The second-order valence-corrected chi connectivity index (χ2v) is 5.82. The van der Waals surface area contributed by atoms with Crippen LogP contribution in [0.2, 0.25) is 0 Å². The number of nitrogens with zero attached hydrogens (tertiary/aromatic N) is 2. The number of carbonyl (C=O) groups is 1. The molecule has 0 aliphatic carbocycles. The molecule has 122 valence electrons. The molecule has 2 amide bonds. The van der Waals surface area contributed by atoms with Gasteiger partial charge in [-0.3, -0.25) is 4.90 Å². The Balaban J connectivity index is 1.69. The number of piperazine rings is 1. The van der Waals surface area contributed by atoms with Crippen LogP contribution < -0.4 is 5.32 Å². The van der Waals surface area contributed by atoms with E-state index >= 15 is 0 Å². The second-order valence-electron chi connectivity index (χ2n) is 5.82. The number of methoxy groups -OCH3 is 1. The topological polar surface area (TPSA) is 44.8 Å². The summed E-state index contributed by atoms with van der Waals surface area (Å²) in [6.07, 6.45) is 1.05. The number of amides is 2. The third-order valence-corrected chi connectivity index (χ3v) is 4.01. The first kappa shape index (κ1) is 16.8. The average molecular weight is 305 g/mol. The highest BCUT2D eigenvalue weighted by molar-refractivity contribution is 5.74.